The molecule has 3 aromatic rings. The van der Waals surface area contributed by atoms with Crippen molar-refractivity contribution in [2.45, 2.75) is 19.6 Å². The predicted molar refractivity (Wildman–Crippen MR) is 114 cm³/mol. The van der Waals surface area contributed by atoms with Crippen molar-refractivity contribution in [3.8, 4) is 16.9 Å². The summed E-state index contributed by atoms with van der Waals surface area (Å²) in [6.45, 7) is 1.50. The van der Waals surface area contributed by atoms with E-state index in [1.165, 1.54) is 0 Å². The van der Waals surface area contributed by atoms with Crippen molar-refractivity contribution < 1.29 is 14.6 Å². The molecule has 6 nitrogen and oxygen atoms in total. The standard InChI is InChI=1S/C23H23N3O3/c24-12-15-4-3-6-17(8-15)19-9-16(10-20-23(19)26-14-25-20)13-29-21-7-2-1-5-18(21)11-22(27)28/h1-10,25-26H,11-14,24H2,(H,27,28). The summed E-state index contributed by atoms with van der Waals surface area (Å²) in [5.74, 6) is -0.288. The Bertz CT molecular complexity index is 1050. The summed E-state index contributed by atoms with van der Waals surface area (Å²) in [7, 11) is 0. The van der Waals surface area contributed by atoms with Crippen LogP contribution in [-0.4, -0.2) is 17.7 Å². The first-order valence-corrected chi connectivity index (χ1v) is 9.50. The third-order valence-corrected chi connectivity index (χ3v) is 4.92. The van der Waals surface area contributed by atoms with Gasteiger partial charge >= 0.3 is 5.97 Å². The van der Waals surface area contributed by atoms with Gasteiger partial charge in [-0.3, -0.25) is 4.79 Å². The van der Waals surface area contributed by atoms with Gasteiger partial charge in [-0.1, -0.05) is 36.4 Å². The third-order valence-electron chi connectivity index (χ3n) is 4.92. The average Bonchev–Trinajstić information content (AvgIpc) is 3.21. The highest BCUT2D eigenvalue weighted by Crippen LogP contribution is 2.39. The van der Waals surface area contributed by atoms with E-state index in [1.54, 1.807) is 12.1 Å². The van der Waals surface area contributed by atoms with Crippen LogP contribution in [0.4, 0.5) is 11.4 Å². The molecular weight excluding hydrogens is 366 g/mol. The van der Waals surface area contributed by atoms with Crippen LogP contribution < -0.4 is 21.1 Å². The first-order valence-electron chi connectivity index (χ1n) is 9.50. The number of nitrogens with two attached hydrogens (primary N) is 1. The van der Waals surface area contributed by atoms with Gasteiger partial charge in [-0.05, 0) is 41.0 Å². The van der Waals surface area contributed by atoms with Gasteiger partial charge in [0.25, 0.3) is 0 Å². The monoisotopic (exact) mass is 389 g/mol. The Balaban J connectivity index is 1.63. The van der Waals surface area contributed by atoms with Crippen molar-refractivity contribution in [2.75, 3.05) is 17.3 Å². The zero-order valence-corrected chi connectivity index (χ0v) is 15.9. The van der Waals surface area contributed by atoms with Gasteiger partial charge < -0.3 is 26.2 Å². The number of carbonyl (C=O) groups is 1. The number of carboxylic acid groups (broad SMARTS) is 1. The number of anilines is 2. The molecule has 148 valence electrons. The van der Waals surface area contributed by atoms with Crippen LogP contribution >= 0.6 is 0 Å². The maximum absolute atomic E-state index is 11.1. The zero-order valence-electron chi connectivity index (χ0n) is 15.9. The Morgan fingerprint density at radius 1 is 1.03 bits per heavy atom. The van der Waals surface area contributed by atoms with E-state index >= 15 is 0 Å². The number of nitrogens with one attached hydrogen (secondary N) is 2. The molecular formula is C23H23N3O3. The number of rotatable bonds is 7. The largest absolute Gasteiger partial charge is 0.489 e. The van der Waals surface area contributed by atoms with E-state index in [9.17, 15) is 4.79 Å². The maximum atomic E-state index is 11.1. The lowest BCUT2D eigenvalue weighted by Crippen LogP contribution is -2.04. The number of fused-ring (bicyclic) bond motifs is 1. The lowest BCUT2D eigenvalue weighted by molar-refractivity contribution is -0.136. The van der Waals surface area contributed by atoms with Crippen LogP contribution in [-0.2, 0) is 24.4 Å². The first kappa shape index (κ1) is 18.8. The minimum Gasteiger partial charge on any atom is -0.489 e. The zero-order chi connectivity index (χ0) is 20.2. The van der Waals surface area contributed by atoms with E-state index in [2.05, 4.69) is 34.9 Å². The number of hydrogen-bond acceptors (Lipinski definition) is 5. The molecule has 3 aromatic carbocycles. The lowest BCUT2D eigenvalue weighted by Gasteiger charge is -2.14. The Hall–Kier alpha value is -3.51. The smallest absolute Gasteiger partial charge is 0.307 e. The molecule has 0 radical (unpaired) electrons. The molecule has 0 saturated carbocycles. The van der Waals surface area contributed by atoms with Gasteiger partial charge in [-0.15, -0.1) is 0 Å². The Labute approximate surface area is 169 Å². The molecule has 29 heavy (non-hydrogen) atoms. The Morgan fingerprint density at radius 2 is 1.90 bits per heavy atom. The van der Waals surface area contributed by atoms with Gasteiger partial charge in [0.05, 0.1) is 24.5 Å². The number of benzene rings is 3. The summed E-state index contributed by atoms with van der Waals surface area (Å²) in [5, 5.41) is 15.8. The van der Waals surface area contributed by atoms with E-state index in [1.807, 2.05) is 24.3 Å². The summed E-state index contributed by atoms with van der Waals surface area (Å²) in [5.41, 5.74) is 12.8. The molecule has 0 spiro atoms. The molecule has 1 aliphatic heterocycles. The van der Waals surface area contributed by atoms with Crippen LogP contribution in [0, 0.1) is 0 Å². The molecule has 0 aromatic heterocycles. The number of aliphatic carboxylic acids is 1. The summed E-state index contributed by atoms with van der Waals surface area (Å²) in [6, 6.07) is 19.6. The lowest BCUT2D eigenvalue weighted by atomic mass is 9.98. The van der Waals surface area contributed by atoms with E-state index in [0.717, 1.165) is 33.6 Å². The molecule has 5 N–H and O–H groups in total. The van der Waals surface area contributed by atoms with Crippen molar-refractivity contribution in [2.24, 2.45) is 5.73 Å². The third kappa shape index (κ3) is 4.17. The van der Waals surface area contributed by atoms with Gasteiger partial charge in [0.1, 0.15) is 12.4 Å². The van der Waals surface area contributed by atoms with Crippen LogP contribution in [0.5, 0.6) is 5.75 Å². The summed E-state index contributed by atoms with van der Waals surface area (Å²) < 4.78 is 5.99. The second-order valence-corrected chi connectivity index (χ2v) is 6.97. The number of hydrogen-bond donors (Lipinski definition) is 4. The molecule has 0 amide bonds. The highest BCUT2D eigenvalue weighted by atomic mass is 16.5. The normalized spacial score (nSPS) is 12.0. The first-order chi connectivity index (χ1) is 14.1. The molecule has 4 rings (SSSR count). The van der Waals surface area contributed by atoms with E-state index in [4.69, 9.17) is 15.6 Å². The fourth-order valence-corrected chi connectivity index (χ4v) is 3.55. The minimum absolute atomic E-state index is 0.0665. The van der Waals surface area contributed by atoms with Crippen LogP contribution in [0.2, 0.25) is 0 Å². The minimum atomic E-state index is -0.879. The van der Waals surface area contributed by atoms with Gasteiger partial charge in [-0.2, -0.15) is 0 Å². The molecule has 0 bridgehead atoms. The number of para-hydroxylation sites is 1. The number of ether oxygens (including phenoxy) is 1. The topological polar surface area (TPSA) is 96.6 Å². The molecule has 0 unspecified atom stereocenters. The fraction of sp³-hybridized carbons (Fsp3) is 0.174. The summed E-state index contributed by atoms with van der Waals surface area (Å²) in [6.07, 6.45) is -0.0665. The fourth-order valence-electron chi connectivity index (χ4n) is 3.55. The van der Waals surface area contributed by atoms with Crippen LogP contribution in [0.3, 0.4) is 0 Å². The van der Waals surface area contributed by atoms with Gasteiger partial charge in [0.2, 0.25) is 0 Å². The summed E-state index contributed by atoms with van der Waals surface area (Å²) >= 11 is 0. The second kappa shape index (κ2) is 8.24. The van der Waals surface area contributed by atoms with Crippen molar-refractivity contribution in [3.05, 3.63) is 77.4 Å². The Morgan fingerprint density at radius 3 is 2.72 bits per heavy atom. The van der Waals surface area contributed by atoms with Crippen molar-refractivity contribution >= 4 is 17.3 Å². The molecule has 0 fully saturated rings. The molecule has 1 aliphatic rings. The average molecular weight is 389 g/mol. The van der Waals surface area contributed by atoms with Gasteiger partial charge in [-0.25, -0.2) is 0 Å². The maximum Gasteiger partial charge on any atom is 0.307 e. The van der Waals surface area contributed by atoms with Crippen molar-refractivity contribution in [1.82, 2.24) is 0 Å². The summed E-state index contributed by atoms with van der Waals surface area (Å²) in [4.78, 5) is 11.1. The highest BCUT2D eigenvalue weighted by molar-refractivity contribution is 5.90. The molecule has 0 saturated heterocycles. The van der Waals surface area contributed by atoms with E-state index < -0.39 is 5.97 Å². The molecule has 0 atom stereocenters. The van der Waals surface area contributed by atoms with Crippen molar-refractivity contribution in [1.29, 1.82) is 0 Å². The molecule has 6 heteroatoms. The van der Waals surface area contributed by atoms with Crippen LogP contribution in [0.1, 0.15) is 16.7 Å². The predicted octanol–water partition coefficient (Wildman–Crippen LogP) is 3.81. The second-order valence-electron chi connectivity index (χ2n) is 6.97. The van der Waals surface area contributed by atoms with Crippen LogP contribution in [0.25, 0.3) is 11.1 Å². The quantitative estimate of drug-likeness (QED) is 0.491. The molecule has 1 heterocycles. The van der Waals surface area contributed by atoms with Crippen LogP contribution in [0.15, 0.2) is 60.7 Å². The van der Waals surface area contributed by atoms with Crippen molar-refractivity contribution in [3.63, 3.8) is 0 Å². The van der Waals surface area contributed by atoms with E-state index in [0.29, 0.717) is 31.1 Å². The van der Waals surface area contributed by atoms with Gasteiger partial charge in [0.15, 0.2) is 0 Å². The molecule has 0 aliphatic carbocycles. The van der Waals surface area contributed by atoms with E-state index in [-0.39, 0.29) is 6.42 Å². The highest BCUT2D eigenvalue weighted by Gasteiger charge is 2.17. The van der Waals surface area contributed by atoms with Gasteiger partial charge in [0, 0.05) is 17.7 Å². The SMILES string of the molecule is NCc1cccc(-c2cc(COc3ccccc3CC(=O)O)cc3c2NCN3)c1. The number of carboxylic acids is 1. The Kier molecular flexibility index (Phi) is 5.35.